The van der Waals surface area contributed by atoms with Crippen molar-refractivity contribution < 1.29 is 0 Å². The van der Waals surface area contributed by atoms with E-state index in [9.17, 15) is 0 Å². The van der Waals surface area contributed by atoms with E-state index in [1.165, 1.54) is 54.6 Å². The lowest BCUT2D eigenvalue weighted by molar-refractivity contribution is 1.27. The first-order valence-electron chi connectivity index (χ1n) is 18.3. The first-order valence-corrected chi connectivity index (χ1v) is 18.3. The summed E-state index contributed by atoms with van der Waals surface area (Å²) in [6.45, 7) is 8.38. The minimum Gasteiger partial charge on any atom is -0.310 e. The average Bonchev–Trinajstić information content (AvgIpc) is 3.20. The Balaban J connectivity index is 0.00000190. The molecule has 0 spiro atoms. The van der Waals surface area contributed by atoms with Crippen molar-refractivity contribution in [2.24, 2.45) is 0 Å². The molecule has 2 nitrogen and oxygen atoms in total. The molecule has 252 valence electrons. The molecule has 0 N–H and O–H groups in total. The van der Waals surface area contributed by atoms with Gasteiger partial charge in [-0.05, 0) is 113 Å². The Morgan fingerprint density at radius 3 is 1.15 bits per heavy atom. The van der Waals surface area contributed by atoms with E-state index >= 15 is 0 Å². The number of para-hydroxylation sites is 4. The van der Waals surface area contributed by atoms with E-state index in [1.807, 2.05) is 13.8 Å². The molecule has 0 aliphatic heterocycles. The summed E-state index contributed by atoms with van der Waals surface area (Å²) in [7, 11) is 0. The molecule has 52 heavy (non-hydrogen) atoms. The molecule has 0 unspecified atom stereocenters. The Kier molecular flexibility index (Phi) is 8.89. The molecular weight excluding hydrogens is 629 g/mol. The standard InChI is InChI=1S/C48H36N2.C2H6/c1-33-23-26-42(34(2)29-33)37-30-35-24-27-43-45(49(38-15-7-3-8-16-38)39-17-9-4-10-18-39)32-46(44-28-25-36(31-37)47(35)48(43)44)50(40-19-11-5-12-20-40)41-21-13-6-14-22-41;1-2/h3-32H,1-2H3;1-2H3. The Morgan fingerprint density at radius 1 is 0.365 bits per heavy atom. The second-order valence-electron chi connectivity index (χ2n) is 13.1. The second-order valence-corrected chi connectivity index (χ2v) is 13.1. The lowest BCUT2D eigenvalue weighted by atomic mass is 9.88. The number of hydrogen-bond donors (Lipinski definition) is 0. The fourth-order valence-electron chi connectivity index (χ4n) is 7.70. The van der Waals surface area contributed by atoms with Crippen LogP contribution in [0.4, 0.5) is 34.1 Å². The van der Waals surface area contributed by atoms with Gasteiger partial charge in [-0.2, -0.15) is 0 Å². The Bertz CT molecular complexity index is 2370. The third-order valence-electron chi connectivity index (χ3n) is 9.90. The van der Waals surface area contributed by atoms with Gasteiger partial charge in [-0.3, -0.25) is 0 Å². The predicted molar refractivity (Wildman–Crippen MR) is 226 cm³/mol. The van der Waals surface area contributed by atoms with Crippen molar-refractivity contribution in [3.8, 4) is 11.1 Å². The van der Waals surface area contributed by atoms with Gasteiger partial charge in [0.2, 0.25) is 0 Å². The number of nitrogens with zero attached hydrogens (tertiary/aromatic N) is 2. The highest BCUT2D eigenvalue weighted by Crippen LogP contribution is 2.50. The van der Waals surface area contributed by atoms with Crippen LogP contribution in [-0.2, 0) is 0 Å². The lowest BCUT2D eigenvalue weighted by Crippen LogP contribution is -2.14. The largest absolute Gasteiger partial charge is 0.310 e. The highest BCUT2D eigenvalue weighted by atomic mass is 15.2. The van der Waals surface area contributed by atoms with Crippen LogP contribution in [0.15, 0.2) is 182 Å². The molecule has 0 aromatic heterocycles. The number of anilines is 6. The molecule has 0 amide bonds. The van der Waals surface area contributed by atoms with Gasteiger partial charge in [-0.25, -0.2) is 0 Å². The van der Waals surface area contributed by atoms with Gasteiger partial charge in [-0.1, -0.05) is 135 Å². The van der Waals surface area contributed by atoms with E-state index in [1.54, 1.807) is 0 Å². The fraction of sp³-hybridized carbons (Fsp3) is 0.0800. The number of rotatable bonds is 7. The number of hydrogen-bond acceptors (Lipinski definition) is 2. The zero-order chi connectivity index (χ0) is 35.6. The van der Waals surface area contributed by atoms with Gasteiger partial charge in [0, 0.05) is 38.9 Å². The minimum atomic E-state index is 1.11. The SMILES string of the molecule is CC.Cc1ccc(-c2cc3ccc4c(N(c5ccccc5)c5ccccc5)cc(N(c5ccccc5)c5ccccc5)c5ccc(c2)c3c45)c(C)c1. The second kappa shape index (κ2) is 14.1. The van der Waals surface area contributed by atoms with Crippen LogP contribution in [-0.4, -0.2) is 0 Å². The molecule has 0 saturated heterocycles. The topological polar surface area (TPSA) is 6.48 Å². The summed E-state index contributed by atoms with van der Waals surface area (Å²) in [4.78, 5) is 4.81. The highest BCUT2D eigenvalue weighted by molar-refractivity contribution is 6.29. The molecule has 0 heterocycles. The molecule has 9 aromatic carbocycles. The highest BCUT2D eigenvalue weighted by Gasteiger charge is 2.24. The van der Waals surface area contributed by atoms with Crippen molar-refractivity contribution in [1.82, 2.24) is 0 Å². The molecule has 0 saturated carbocycles. The van der Waals surface area contributed by atoms with Crippen LogP contribution in [0, 0.1) is 13.8 Å². The molecule has 2 heteroatoms. The number of benzene rings is 9. The van der Waals surface area contributed by atoms with Crippen LogP contribution in [0.5, 0.6) is 0 Å². The monoisotopic (exact) mass is 670 g/mol. The lowest BCUT2D eigenvalue weighted by Gasteiger charge is -2.32. The van der Waals surface area contributed by atoms with E-state index in [2.05, 4.69) is 206 Å². The maximum absolute atomic E-state index is 2.41. The van der Waals surface area contributed by atoms with Crippen molar-refractivity contribution in [3.63, 3.8) is 0 Å². The third-order valence-corrected chi connectivity index (χ3v) is 9.90. The van der Waals surface area contributed by atoms with Crippen molar-refractivity contribution in [1.29, 1.82) is 0 Å². The van der Waals surface area contributed by atoms with Gasteiger partial charge in [-0.15, -0.1) is 0 Å². The van der Waals surface area contributed by atoms with Crippen LogP contribution in [0.3, 0.4) is 0 Å². The average molecular weight is 671 g/mol. The fourth-order valence-corrected chi connectivity index (χ4v) is 7.70. The van der Waals surface area contributed by atoms with Gasteiger partial charge in [0.15, 0.2) is 0 Å². The van der Waals surface area contributed by atoms with Gasteiger partial charge in [0.25, 0.3) is 0 Å². The van der Waals surface area contributed by atoms with E-state index in [-0.39, 0.29) is 0 Å². The molecule has 0 aliphatic rings. The summed E-state index contributed by atoms with van der Waals surface area (Å²) in [6, 6.07) is 66.2. The Labute approximate surface area is 307 Å². The Hall–Kier alpha value is -6.38. The van der Waals surface area contributed by atoms with Crippen molar-refractivity contribution in [2.75, 3.05) is 9.80 Å². The minimum absolute atomic E-state index is 1.11. The predicted octanol–water partition coefficient (Wildman–Crippen LogP) is 14.8. The molecular formula is C50H42N2. The Morgan fingerprint density at radius 2 is 0.769 bits per heavy atom. The summed E-state index contributed by atoms with van der Waals surface area (Å²) in [5.74, 6) is 0. The summed E-state index contributed by atoms with van der Waals surface area (Å²) >= 11 is 0. The molecule has 9 aromatic rings. The van der Waals surface area contributed by atoms with Gasteiger partial charge in [0.05, 0.1) is 11.4 Å². The van der Waals surface area contributed by atoms with Crippen LogP contribution in [0.25, 0.3) is 43.4 Å². The molecule has 0 radical (unpaired) electrons. The van der Waals surface area contributed by atoms with Gasteiger partial charge < -0.3 is 9.80 Å². The van der Waals surface area contributed by atoms with E-state index in [4.69, 9.17) is 0 Å². The zero-order valence-electron chi connectivity index (χ0n) is 30.2. The van der Waals surface area contributed by atoms with E-state index in [0.29, 0.717) is 0 Å². The summed E-state index contributed by atoms with van der Waals surface area (Å²) in [6.07, 6.45) is 0. The van der Waals surface area contributed by atoms with Crippen molar-refractivity contribution in [3.05, 3.63) is 193 Å². The van der Waals surface area contributed by atoms with Gasteiger partial charge in [0.1, 0.15) is 0 Å². The molecule has 0 aliphatic carbocycles. The van der Waals surface area contributed by atoms with Crippen LogP contribution in [0.2, 0.25) is 0 Å². The van der Waals surface area contributed by atoms with E-state index in [0.717, 1.165) is 34.1 Å². The van der Waals surface area contributed by atoms with Crippen LogP contribution >= 0.6 is 0 Å². The van der Waals surface area contributed by atoms with Crippen LogP contribution in [0.1, 0.15) is 25.0 Å². The molecule has 0 bridgehead atoms. The quantitative estimate of drug-likeness (QED) is 0.156. The zero-order valence-corrected chi connectivity index (χ0v) is 30.2. The van der Waals surface area contributed by atoms with Crippen LogP contribution < -0.4 is 9.80 Å². The summed E-state index contributed by atoms with van der Waals surface area (Å²) < 4.78 is 0. The first kappa shape index (κ1) is 32.8. The van der Waals surface area contributed by atoms with Crippen molar-refractivity contribution >= 4 is 66.4 Å². The number of aryl methyl sites for hydroxylation is 2. The van der Waals surface area contributed by atoms with Crippen molar-refractivity contribution in [2.45, 2.75) is 27.7 Å². The normalized spacial score (nSPS) is 11.1. The third kappa shape index (κ3) is 5.83. The maximum Gasteiger partial charge on any atom is 0.0561 e. The van der Waals surface area contributed by atoms with E-state index < -0.39 is 0 Å². The smallest absolute Gasteiger partial charge is 0.0561 e. The summed E-state index contributed by atoms with van der Waals surface area (Å²) in [5.41, 5.74) is 11.8. The molecule has 9 rings (SSSR count). The molecule has 0 fully saturated rings. The summed E-state index contributed by atoms with van der Waals surface area (Å²) in [5, 5.41) is 7.49. The first-order chi connectivity index (χ1) is 25.6. The molecule has 0 atom stereocenters. The maximum atomic E-state index is 2.41. The van der Waals surface area contributed by atoms with Gasteiger partial charge >= 0.3 is 0 Å².